The first kappa shape index (κ1) is 11.7. The summed E-state index contributed by atoms with van der Waals surface area (Å²) in [7, 11) is 2.35. The van der Waals surface area contributed by atoms with Crippen LogP contribution in [0.25, 0.3) is 0 Å². The first-order valence-electron chi connectivity index (χ1n) is 6.33. The van der Waals surface area contributed by atoms with Crippen LogP contribution in [0.2, 0.25) is 0 Å². The van der Waals surface area contributed by atoms with Gasteiger partial charge in [-0.2, -0.15) is 11.8 Å². The summed E-state index contributed by atoms with van der Waals surface area (Å²) in [4.78, 5) is 2.68. The van der Waals surface area contributed by atoms with Gasteiger partial charge < -0.3 is 5.32 Å². The summed E-state index contributed by atoms with van der Waals surface area (Å²) < 4.78 is 0. The van der Waals surface area contributed by atoms with E-state index < -0.39 is 0 Å². The number of hydrogen-bond donors (Lipinski definition) is 1. The Balaban J connectivity index is 1.90. The molecule has 0 aliphatic carbocycles. The highest BCUT2D eigenvalue weighted by Gasteiger charge is 2.31. The SMILES string of the molecule is CC1SCCC1N(C)C1CCCNCC1. The molecule has 2 fully saturated rings. The molecule has 1 N–H and O–H groups in total. The van der Waals surface area contributed by atoms with E-state index in [0.717, 1.165) is 17.3 Å². The van der Waals surface area contributed by atoms with Crippen molar-refractivity contribution in [2.24, 2.45) is 0 Å². The summed E-state index contributed by atoms with van der Waals surface area (Å²) in [6.07, 6.45) is 5.47. The Morgan fingerprint density at radius 2 is 2.07 bits per heavy atom. The molecule has 2 aliphatic heterocycles. The summed E-state index contributed by atoms with van der Waals surface area (Å²) in [5, 5.41) is 4.34. The van der Waals surface area contributed by atoms with E-state index in [1.165, 1.54) is 44.5 Å². The topological polar surface area (TPSA) is 15.3 Å². The molecule has 3 heteroatoms. The zero-order valence-corrected chi connectivity index (χ0v) is 10.9. The third-order valence-corrected chi connectivity index (χ3v) is 5.29. The quantitative estimate of drug-likeness (QED) is 0.778. The van der Waals surface area contributed by atoms with Crippen LogP contribution in [-0.2, 0) is 0 Å². The van der Waals surface area contributed by atoms with Gasteiger partial charge >= 0.3 is 0 Å². The molecule has 15 heavy (non-hydrogen) atoms. The first-order valence-corrected chi connectivity index (χ1v) is 7.38. The Hall–Kier alpha value is 0.270. The maximum atomic E-state index is 3.50. The molecule has 2 saturated heterocycles. The van der Waals surface area contributed by atoms with Crippen LogP contribution in [0.5, 0.6) is 0 Å². The minimum atomic E-state index is 0.825. The number of hydrogen-bond acceptors (Lipinski definition) is 3. The molecule has 88 valence electrons. The summed E-state index contributed by atoms with van der Waals surface area (Å²) in [5.74, 6) is 1.36. The molecule has 2 nitrogen and oxygen atoms in total. The van der Waals surface area contributed by atoms with E-state index in [1.54, 1.807) is 0 Å². The minimum absolute atomic E-state index is 0.825. The van der Waals surface area contributed by atoms with E-state index in [2.05, 4.69) is 35.9 Å². The van der Waals surface area contributed by atoms with Crippen molar-refractivity contribution in [1.29, 1.82) is 0 Å². The van der Waals surface area contributed by atoms with Crippen LogP contribution in [0.1, 0.15) is 32.6 Å². The Bertz CT molecular complexity index is 190. The van der Waals surface area contributed by atoms with Crippen molar-refractivity contribution in [3.05, 3.63) is 0 Å². The van der Waals surface area contributed by atoms with Gasteiger partial charge in [0.05, 0.1) is 0 Å². The Morgan fingerprint density at radius 3 is 2.80 bits per heavy atom. The van der Waals surface area contributed by atoms with Gasteiger partial charge in [-0.15, -0.1) is 0 Å². The number of nitrogens with one attached hydrogen (secondary N) is 1. The molecule has 2 aliphatic rings. The van der Waals surface area contributed by atoms with Crippen LogP contribution in [0.3, 0.4) is 0 Å². The van der Waals surface area contributed by atoms with Crippen molar-refractivity contribution in [1.82, 2.24) is 10.2 Å². The average molecular weight is 228 g/mol. The molecule has 0 saturated carbocycles. The molecule has 0 amide bonds. The van der Waals surface area contributed by atoms with E-state index >= 15 is 0 Å². The van der Waals surface area contributed by atoms with Crippen molar-refractivity contribution < 1.29 is 0 Å². The molecular weight excluding hydrogens is 204 g/mol. The van der Waals surface area contributed by atoms with E-state index in [4.69, 9.17) is 0 Å². The highest BCUT2D eigenvalue weighted by molar-refractivity contribution is 8.00. The predicted octanol–water partition coefficient (Wildman–Crippen LogP) is 1.95. The molecule has 2 heterocycles. The van der Waals surface area contributed by atoms with Gasteiger partial charge in [0.15, 0.2) is 0 Å². The largest absolute Gasteiger partial charge is 0.317 e. The lowest BCUT2D eigenvalue weighted by atomic mass is 10.0. The molecule has 2 rings (SSSR count). The fraction of sp³-hybridized carbons (Fsp3) is 1.00. The van der Waals surface area contributed by atoms with E-state index in [1.807, 2.05) is 0 Å². The Morgan fingerprint density at radius 1 is 1.20 bits per heavy atom. The molecule has 0 aromatic carbocycles. The second-order valence-electron chi connectivity index (χ2n) is 4.93. The second-order valence-corrected chi connectivity index (χ2v) is 6.42. The average Bonchev–Trinajstić information content (AvgIpc) is 2.53. The zero-order chi connectivity index (χ0) is 10.7. The van der Waals surface area contributed by atoms with Crippen LogP contribution < -0.4 is 5.32 Å². The van der Waals surface area contributed by atoms with Gasteiger partial charge in [0.1, 0.15) is 0 Å². The molecule has 3 atom stereocenters. The van der Waals surface area contributed by atoms with Gasteiger partial charge in [0.25, 0.3) is 0 Å². The molecule has 3 unspecified atom stereocenters. The standard InChI is InChI=1S/C12H24N2S/c1-10-12(6-9-15-10)14(2)11-4-3-7-13-8-5-11/h10-13H,3-9H2,1-2H3. The molecular formula is C12H24N2S. The molecule has 0 aromatic heterocycles. The van der Waals surface area contributed by atoms with Crippen molar-refractivity contribution in [3.8, 4) is 0 Å². The zero-order valence-electron chi connectivity index (χ0n) is 10.0. The first-order chi connectivity index (χ1) is 7.29. The normalized spacial score (nSPS) is 38.2. The molecule has 0 spiro atoms. The van der Waals surface area contributed by atoms with Gasteiger partial charge in [0, 0.05) is 17.3 Å². The van der Waals surface area contributed by atoms with Crippen molar-refractivity contribution in [2.75, 3.05) is 25.9 Å². The summed E-state index contributed by atoms with van der Waals surface area (Å²) in [6, 6.07) is 1.66. The van der Waals surface area contributed by atoms with Gasteiger partial charge in [0.2, 0.25) is 0 Å². The minimum Gasteiger partial charge on any atom is -0.317 e. The lowest BCUT2D eigenvalue weighted by Gasteiger charge is -2.34. The number of thioether (sulfide) groups is 1. The highest BCUT2D eigenvalue weighted by Crippen LogP contribution is 2.31. The fourth-order valence-corrected chi connectivity index (χ4v) is 4.23. The van der Waals surface area contributed by atoms with E-state index in [0.29, 0.717) is 0 Å². The van der Waals surface area contributed by atoms with Gasteiger partial charge in [-0.1, -0.05) is 6.92 Å². The van der Waals surface area contributed by atoms with Crippen LogP contribution in [0, 0.1) is 0 Å². The van der Waals surface area contributed by atoms with Crippen LogP contribution in [0.15, 0.2) is 0 Å². The molecule has 0 radical (unpaired) electrons. The second kappa shape index (κ2) is 5.55. The summed E-state index contributed by atoms with van der Waals surface area (Å²) in [5.41, 5.74) is 0. The molecule has 0 bridgehead atoms. The number of nitrogens with zero attached hydrogens (tertiary/aromatic N) is 1. The van der Waals surface area contributed by atoms with Crippen molar-refractivity contribution in [3.63, 3.8) is 0 Å². The predicted molar refractivity (Wildman–Crippen MR) is 68.6 cm³/mol. The lowest BCUT2D eigenvalue weighted by molar-refractivity contribution is 0.160. The summed E-state index contributed by atoms with van der Waals surface area (Å²) >= 11 is 2.15. The van der Waals surface area contributed by atoms with E-state index in [-0.39, 0.29) is 0 Å². The third-order valence-electron chi connectivity index (χ3n) is 3.98. The third kappa shape index (κ3) is 2.89. The summed E-state index contributed by atoms with van der Waals surface area (Å²) in [6.45, 7) is 4.83. The van der Waals surface area contributed by atoms with Gasteiger partial charge in [-0.3, -0.25) is 4.90 Å². The van der Waals surface area contributed by atoms with Crippen LogP contribution in [0.4, 0.5) is 0 Å². The monoisotopic (exact) mass is 228 g/mol. The van der Waals surface area contributed by atoms with Crippen LogP contribution in [-0.4, -0.2) is 48.1 Å². The van der Waals surface area contributed by atoms with E-state index in [9.17, 15) is 0 Å². The maximum Gasteiger partial charge on any atom is 0.0219 e. The van der Waals surface area contributed by atoms with Crippen molar-refractivity contribution in [2.45, 2.75) is 49.9 Å². The van der Waals surface area contributed by atoms with Gasteiger partial charge in [-0.25, -0.2) is 0 Å². The highest BCUT2D eigenvalue weighted by atomic mass is 32.2. The maximum absolute atomic E-state index is 3.50. The number of rotatable bonds is 2. The van der Waals surface area contributed by atoms with Crippen LogP contribution >= 0.6 is 11.8 Å². The molecule has 0 aromatic rings. The van der Waals surface area contributed by atoms with Gasteiger partial charge in [-0.05, 0) is 51.6 Å². The Kier molecular flexibility index (Phi) is 4.35. The van der Waals surface area contributed by atoms with Crippen molar-refractivity contribution >= 4 is 11.8 Å². The lowest BCUT2D eigenvalue weighted by Crippen LogP contribution is -2.43. The smallest absolute Gasteiger partial charge is 0.0219 e. The fourth-order valence-electron chi connectivity index (χ4n) is 2.93. The Labute approximate surface area is 98.2 Å².